The molecule has 2 rings (SSSR count). The van der Waals surface area contributed by atoms with Gasteiger partial charge in [0.25, 0.3) is 5.91 Å². The second-order valence-corrected chi connectivity index (χ2v) is 6.00. The molecule has 1 fully saturated rings. The molecule has 1 amide bonds. The molecule has 0 bridgehead atoms. The molecule has 0 aromatic heterocycles. The fourth-order valence-corrected chi connectivity index (χ4v) is 2.38. The molecule has 0 radical (unpaired) electrons. The lowest BCUT2D eigenvalue weighted by atomic mass is 9.87. The van der Waals surface area contributed by atoms with Gasteiger partial charge in [-0.05, 0) is 64.3 Å². The van der Waals surface area contributed by atoms with E-state index >= 15 is 0 Å². The lowest BCUT2D eigenvalue weighted by Gasteiger charge is -2.26. The third-order valence-electron chi connectivity index (χ3n) is 4.02. The van der Waals surface area contributed by atoms with E-state index in [9.17, 15) is 4.79 Å². The summed E-state index contributed by atoms with van der Waals surface area (Å²) in [7, 11) is 1.93. The number of benzene rings is 1. The zero-order chi connectivity index (χ0) is 15.7. The molecule has 0 spiro atoms. The van der Waals surface area contributed by atoms with Crippen molar-refractivity contribution >= 4 is 5.91 Å². The summed E-state index contributed by atoms with van der Waals surface area (Å²) in [5.41, 5.74) is 1.96. The molecule has 3 heteroatoms. The first-order valence-electron chi connectivity index (χ1n) is 8.09. The van der Waals surface area contributed by atoms with Gasteiger partial charge in [0, 0.05) is 11.6 Å². The van der Waals surface area contributed by atoms with Crippen LogP contribution in [-0.4, -0.2) is 25.5 Å². The van der Waals surface area contributed by atoms with Gasteiger partial charge in [0.2, 0.25) is 0 Å². The molecule has 21 heavy (non-hydrogen) atoms. The normalized spacial score (nSPS) is 21.1. The zero-order valence-electron chi connectivity index (χ0n) is 13.9. The predicted octanol–water partition coefficient (Wildman–Crippen LogP) is 3.53. The van der Waals surface area contributed by atoms with E-state index in [2.05, 4.69) is 24.5 Å². The molecule has 0 heterocycles. The van der Waals surface area contributed by atoms with Gasteiger partial charge in [-0.15, -0.1) is 0 Å². The van der Waals surface area contributed by atoms with Crippen LogP contribution in [0.4, 0.5) is 0 Å². The quantitative estimate of drug-likeness (QED) is 0.894. The number of hydrogen-bond acceptors (Lipinski definition) is 2. The topological polar surface area (TPSA) is 41.1 Å². The minimum Gasteiger partial charge on any atom is -0.349 e. The Balaban J connectivity index is 0.000000491. The number of hydrogen-bond donors (Lipinski definition) is 2. The Morgan fingerprint density at radius 3 is 2.14 bits per heavy atom. The molecular weight excluding hydrogens is 260 g/mol. The molecule has 1 aromatic carbocycles. The minimum atomic E-state index is 0.0737. The van der Waals surface area contributed by atoms with E-state index in [1.54, 1.807) is 0 Å². The zero-order valence-corrected chi connectivity index (χ0v) is 13.9. The molecule has 118 valence electrons. The molecule has 1 aliphatic carbocycles. The van der Waals surface area contributed by atoms with Crippen LogP contribution in [0.15, 0.2) is 24.3 Å². The van der Waals surface area contributed by atoms with Crippen LogP contribution in [0.25, 0.3) is 0 Å². The van der Waals surface area contributed by atoms with Crippen molar-refractivity contribution in [1.82, 2.24) is 10.6 Å². The van der Waals surface area contributed by atoms with Gasteiger partial charge in [-0.25, -0.2) is 0 Å². The van der Waals surface area contributed by atoms with Crippen LogP contribution in [0.5, 0.6) is 0 Å². The number of amides is 1. The van der Waals surface area contributed by atoms with Crippen LogP contribution < -0.4 is 10.6 Å². The Kier molecular flexibility index (Phi) is 8.06. The van der Waals surface area contributed by atoms with E-state index in [4.69, 9.17) is 0 Å². The van der Waals surface area contributed by atoms with Crippen molar-refractivity contribution in [2.75, 3.05) is 13.6 Å². The van der Waals surface area contributed by atoms with Crippen molar-refractivity contribution in [1.29, 1.82) is 0 Å². The highest BCUT2D eigenvalue weighted by Crippen LogP contribution is 2.23. The maximum absolute atomic E-state index is 12.0. The minimum absolute atomic E-state index is 0.0737. The van der Waals surface area contributed by atoms with Gasteiger partial charge in [0.1, 0.15) is 0 Å². The Labute approximate surface area is 129 Å². The van der Waals surface area contributed by atoms with Crippen molar-refractivity contribution in [3.05, 3.63) is 35.4 Å². The summed E-state index contributed by atoms with van der Waals surface area (Å²) in [4.78, 5) is 12.0. The molecule has 0 saturated heterocycles. The molecule has 1 aliphatic rings. The maximum atomic E-state index is 12.0. The van der Waals surface area contributed by atoms with Gasteiger partial charge in [-0.1, -0.05) is 31.5 Å². The van der Waals surface area contributed by atoms with E-state index in [0.717, 1.165) is 30.9 Å². The van der Waals surface area contributed by atoms with E-state index in [0.29, 0.717) is 6.04 Å². The standard InChI is InChI=1S/C15H21NO.C3H9N/c1-11-3-7-13(8-4-11)15(17)16-14-9-5-12(2)6-10-14;1-3-4-2/h3-4,7-8,12,14H,5-6,9-10H2,1-2H3,(H,16,17);4H,3H2,1-2H3. The molecule has 1 saturated carbocycles. The summed E-state index contributed by atoms with van der Waals surface area (Å²) in [6.07, 6.45) is 4.72. The number of carbonyl (C=O) groups excluding carboxylic acids is 1. The van der Waals surface area contributed by atoms with Gasteiger partial charge in [-0.3, -0.25) is 4.79 Å². The number of carbonyl (C=O) groups is 1. The third-order valence-corrected chi connectivity index (χ3v) is 4.02. The third kappa shape index (κ3) is 6.76. The van der Waals surface area contributed by atoms with Crippen LogP contribution in [0.3, 0.4) is 0 Å². The first-order valence-corrected chi connectivity index (χ1v) is 8.09. The number of nitrogens with one attached hydrogen (secondary N) is 2. The second kappa shape index (κ2) is 9.56. The fourth-order valence-electron chi connectivity index (χ4n) is 2.38. The van der Waals surface area contributed by atoms with Crippen molar-refractivity contribution < 1.29 is 4.79 Å². The summed E-state index contributed by atoms with van der Waals surface area (Å²) in [6.45, 7) is 7.46. The van der Waals surface area contributed by atoms with Gasteiger partial charge >= 0.3 is 0 Å². The van der Waals surface area contributed by atoms with E-state index in [1.807, 2.05) is 38.2 Å². The Hall–Kier alpha value is -1.35. The van der Waals surface area contributed by atoms with Crippen LogP contribution >= 0.6 is 0 Å². The highest BCUT2D eigenvalue weighted by atomic mass is 16.1. The maximum Gasteiger partial charge on any atom is 0.251 e. The summed E-state index contributed by atoms with van der Waals surface area (Å²) in [5.74, 6) is 0.895. The van der Waals surface area contributed by atoms with Crippen LogP contribution in [0.1, 0.15) is 55.5 Å². The van der Waals surface area contributed by atoms with Crippen LogP contribution in [0, 0.1) is 12.8 Å². The summed E-state index contributed by atoms with van der Waals surface area (Å²) < 4.78 is 0. The Morgan fingerprint density at radius 1 is 1.14 bits per heavy atom. The predicted molar refractivity (Wildman–Crippen MR) is 89.7 cm³/mol. The van der Waals surface area contributed by atoms with Crippen molar-refractivity contribution in [2.24, 2.45) is 5.92 Å². The first kappa shape index (κ1) is 17.7. The Bertz CT molecular complexity index is 404. The van der Waals surface area contributed by atoms with Gasteiger partial charge in [-0.2, -0.15) is 0 Å². The molecule has 1 aromatic rings. The molecule has 3 nitrogen and oxygen atoms in total. The van der Waals surface area contributed by atoms with E-state index in [1.165, 1.54) is 18.4 Å². The van der Waals surface area contributed by atoms with Crippen molar-refractivity contribution in [3.8, 4) is 0 Å². The number of aryl methyl sites for hydroxylation is 1. The molecule has 0 atom stereocenters. The summed E-state index contributed by atoms with van der Waals surface area (Å²) in [6, 6.07) is 8.14. The van der Waals surface area contributed by atoms with Gasteiger partial charge in [0.05, 0.1) is 0 Å². The molecule has 0 aliphatic heterocycles. The van der Waals surface area contributed by atoms with Crippen molar-refractivity contribution in [2.45, 2.75) is 52.5 Å². The molecule has 0 unspecified atom stereocenters. The lowest BCUT2D eigenvalue weighted by Crippen LogP contribution is -2.37. The smallest absolute Gasteiger partial charge is 0.251 e. The van der Waals surface area contributed by atoms with Gasteiger partial charge < -0.3 is 10.6 Å². The van der Waals surface area contributed by atoms with E-state index < -0.39 is 0 Å². The Morgan fingerprint density at radius 2 is 1.67 bits per heavy atom. The molecular formula is C18H30N2O. The first-order chi connectivity index (χ1) is 10.1. The van der Waals surface area contributed by atoms with Gasteiger partial charge in [0.15, 0.2) is 0 Å². The second-order valence-electron chi connectivity index (χ2n) is 6.00. The average Bonchev–Trinajstić information content (AvgIpc) is 2.50. The summed E-state index contributed by atoms with van der Waals surface area (Å²) >= 11 is 0. The lowest BCUT2D eigenvalue weighted by molar-refractivity contribution is 0.0923. The fraction of sp³-hybridized carbons (Fsp3) is 0.611. The van der Waals surface area contributed by atoms with Crippen molar-refractivity contribution in [3.63, 3.8) is 0 Å². The highest BCUT2D eigenvalue weighted by Gasteiger charge is 2.19. The SMILES string of the molecule is CCNC.Cc1ccc(C(=O)NC2CCC(C)CC2)cc1. The van der Waals surface area contributed by atoms with Crippen LogP contribution in [0.2, 0.25) is 0 Å². The highest BCUT2D eigenvalue weighted by molar-refractivity contribution is 5.94. The monoisotopic (exact) mass is 290 g/mol. The largest absolute Gasteiger partial charge is 0.349 e. The van der Waals surface area contributed by atoms with E-state index in [-0.39, 0.29) is 5.91 Å². The number of rotatable bonds is 3. The average molecular weight is 290 g/mol. The summed E-state index contributed by atoms with van der Waals surface area (Å²) in [5, 5.41) is 6.07. The van der Waals surface area contributed by atoms with Crippen LogP contribution in [-0.2, 0) is 0 Å². The molecule has 2 N–H and O–H groups in total.